The lowest BCUT2D eigenvalue weighted by Crippen LogP contribution is -2.55. The predicted molar refractivity (Wildman–Crippen MR) is 82.0 cm³/mol. The lowest BCUT2D eigenvalue weighted by Gasteiger charge is -2.26. The van der Waals surface area contributed by atoms with Crippen LogP contribution in [0.4, 0.5) is 0 Å². The highest BCUT2D eigenvalue weighted by Gasteiger charge is 2.42. The highest BCUT2D eigenvalue weighted by atomic mass is 28.4. The molecule has 0 aliphatic carbocycles. The summed E-state index contributed by atoms with van der Waals surface area (Å²) >= 11 is 0. The molecule has 108 valence electrons. The van der Waals surface area contributed by atoms with E-state index in [4.69, 9.17) is 13.3 Å². The molecule has 4 nitrogen and oxygen atoms in total. The van der Waals surface area contributed by atoms with Crippen molar-refractivity contribution in [3.8, 4) is 11.3 Å². The third kappa shape index (κ3) is 2.45. The van der Waals surface area contributed by atoms with Crippen LogP contribution in [0.25, 0.3) is 11.3 Å². The fourth-order valence-electron chi connectivity index (χ4n) is 2.49. The van der Waals surface area contributed by atoms with Gasteiger partial charge in [0.1, 0.15) is 0 Å². The van der Waals surface area contributed by atoms with E-state index in [1.165, 1.54) is 0 Å². The van der Waals surface area contributed by atoms with Crippen molar-refractivity contribution >= 4 is 14.0 Å². The molecule has 2 rings (SSSR count). The summed E-state index contributed by atoms with van der Waals surface area (Å²) in [5, 5.41) is 0.987. The van der Waals surface area contributed by atoms with Gasteiger partial charge >= 0.3 is 8.80 Å². The van der Waals surface area contributed by atoms with E-state index in [2.05, 4.69) is 29.8 Å². The van der Waals surface area contributed by atoms with E-state index in [1.54, 1.807) is 21.3 Å². The van der Waals surface area contributed by atoms with Gasteiger partial charge in [-0.15, -0.1) is 0 Å². The first-order valence-corrected chi connectivity index (χ1v) is 8.35. The smallest absolute Gasteiger partial charge is 0.373 e. The average molecular weight is 291 g/mol. The van der Waals surface area contributed by atoms with E-state index in [-0.39, 0.29) is 0 Å². The van der Waals surface area contributed by atoms with Crippen LogP contribution >= 0.6 is 0 Å². The van der Waals surface area contributed by atoms with E-state index in [0.29, 0.717) is 0 Å². The Bertz CT molecular complexity index is 555. The highest BCUT2D eigenvalue weighted by Crippen LogP contribution is 2.22. The van der Waals surface area contributed by atoms with Crippen LogP contribution in [0.2, 0.25) is 0 Å². The van der Waals surface area contributed by atoms with Gasteiger partial charge in [-0.2, -0.15) is 0 Å². The molecule has 0 spiro atoms. The molecule has 0 atom stereocenters. The Balaban J connectivity index is 2.62. The second-order valence-corrected chi connectivity index (χ2v) is 7.27. The van der Waals surface area contributed by atoms with Crippen LogP contribution in [0.3, 0.4) is 0 Å². The summed E-state index contributed by atoms with van der Waals surface area (Å²) in [6, 6.07) is 12.2. The Morgan fingerprint density at radius 3 is 2.20 bits per heavy atom. The monoisotopic (exact) mass is 291 g/mol. The van der Waals surface area contributed by atoms with Crippen LogP contribution in [0, 0.1) is 0 Å². The molecule has 2 aromatic rings. The molecule has 5 heteroatoms. The van der Waals surface area contributed by atoms with Crippen molar-refractivity contribution < 1.29 is 13.3 Å². The SMILES string of the molecule is CCn1cccc1-c1ccccc1[Si](OC)(OC)OC. The van der Waals surface area contributed by atoms with Crippen molar-refractivity contribution in [3.63, 3.8) is 0 Å². The van der Waals surface area contributed by atoms with Gasteiger partial charge in [0.05, 0.1) is 0 Å². The number of aromatic nitrogens is 1. The molecule has 0 unspecified atom stereocenters. The van der Waals surface area contributed by atoms with Crippen molar-refractivity contribution in [3.05, 3.63) is 42.6 Å². The van der Waals surface area contributed by atoms with Crippen LogP contribution in [0.1, 0.15) is 6.92 Å². The lowest BCUT2D eigenvalue weighted by molar-refractivity contribution is 0.140. The molecule has 0 amide bonds. The summed E-state index contributed by atoms with van der Waals surface area (Å²) in [5.74, 6) is 0. The van der Waals surface area contributed by atoms with Gasteiger partial charge in [0.15, 0.2) is 0 Å². The fourth-order valence-corrected chi connectivity index (χ4v) is 4.49. The summed E-state index contributed by atoms with van der Waals surface area (Å²) in [7, 11) is 2.06. The van der Waals surface area contributed by atoms with Gasteiger partial charge in [0, 0.05) is 50.5 Å². The molecule has 0 radical (unpaired) electrons. The van der Waals surface area contributed by atoms with E-state index in [1.807, 2.05) is 24.3 Å². The van der Waals surface area contributed by atoms with Gasteiger partial charge < -0.3 is 17.8 Å². The zero-order valence-corrected chi connectivity index (χ0v) is 13.4. The van der Waals surface area contributed by atoms with Crippen LogP contribution in [0.15, 0.2) is 42.6 Å². The molecule has 0 saturated carbocycles. The number of benzene rings is 1. The van der Waals surface area contributed by atoms with Crippen molar-refractivity contribution in [2.45, 2.75) is 13.5 Å². The molecular formula is C15H21NO3Si. The quantitative estimate of drug-likeness (QED) is 0.765. The van der Waals surface area contributed by atoms with Crippen molar-refractivity contribution in [1.82, 2.24) is 4.57 Å². The van der Waals surface area contributed by atoms with Crippen LogP contribution in [-0.4, -0.2) is 34.7 Å². The number of hydrogen-bond acceptors (Lipinski definition) is 3. The maximum atomic E-state index is 5.62. The Morgan fingerprint density at radius 1 is 0.950 bits per heavy atom. The molecule has 0 aliphatic rings. The summed E-state index contributed by atoms with van der Waals surface area (Å²) in [4.78, 5) is 0. The molecular weight excluding hydrogens is 270 g/mol. The summed E-state index contributed by atoms with van der Waals surface area (Å²) in [6.45, 7) is 3.04. The van der Waals surface area contributed by atoms with Crippen LogP contribution in [-0.2, 0) is 19.8 Å². The van der Waals surface area contributed by atoms with Gasteiger partial charge in [0.2, 0.25) is 0 Å². The van der Waals surface area contributed by atoms with Crippen molar-refractivity contribution in [2.75, 3.05) is 21.3 Å². The zero-order valence-electron chi connectivity index (χ0n) is 12.4. The minimum Gasteiger partial charge on any atom is -0.373 e. The Morgan fingerprint density at radius 2 is 1.60 bits per heavy atom. The van der Waals surface area contributed by atoms with E-state index >= 15 is 0 Å². The molecule has 0 fully saturated rings. The van der Waals surface area contributed by atoms with Gasteiger partial charge in [-0.1, -0.05) is 24.3 Å². The zero-order chi connectivity index (χ0) is 14.6. The first kappa shape index (κ1) is 15.0. The number of rotatable bonds is 6. The molecule has 0 bridgehead atoms. The maximum Gasteiger partial charge on any atom is 0.537 e. The molecule has 1 aromatic heterocycles. The number of aryl methyl sites for hydroxylation is 1. The molecule has 0 N–H and O–H groups in total. The second-order valence-electron chi connectivity index (χ2n) is 4.39. The minimum absolute atomic E-state index is 0.915. The van der Waals surface area contributed by atoms with Gasteiger partial charge in [0.25, 0.3) is 0 Å². The van der Waals surface area contributed by atoms with E-state index < -0.39 is 8.80 Å². The Labute approximate surface area is 121 Å². The molecule has 1 heterocycles. The summed E-state index contributed by atoms with van der Waals surface area (Å²) in [6.07, 6.45) is 2.07. The van der Waals surface area contributed by atoms with Crippen LogP contribution in [0.5, 0.6) is 0 Å². The molecule has 0 saturated heterocycles. The number of nitrogens with zero attached hydrogens (tertiary/aromatic N) is 1. The van der Waals surface area contributed by atoms with Crippen LogP contribution < -0.4 is 5.19 Å². The average Bonchev–Trinajstić information content (AvgIpc) is 2.98. The summed E-state index contributed by atoms with van der Waals surface area (Å²) in [5.41, 5.74) is 2.24. The third-order valence-corrected chi connectivity index (χ3v) is 6.22. The predicted octanol–water partition coefficient (Wildman–Crippen LogP) is 2.26. The Kier molecular flexibility index (Phi) is 4.77. The molecule has 0 aliphatic heterocycles. The van der Waals surface area contributed by atoms with Gasteiger partial charge in [-0.05, 0) is 19.1 Å². The first-order valence-electron chi connectivity index (χ1n) is 6.62. The molecule has 1 aromatic carbocycles. The second kappa shape index (κ2) is 6.36. The van der Waals surface area contributed by atoms with Crippen molar-refractivity contribution in [1.29, 1.82) is 0 Å². The van der Waals surface area contributed by atoms with Gasteiger partial charge in [-0.25, -0.2) is 0 Å². The number of hydrogen-bond donors (Lipinski definition) is 0. The standard InChI is InChI=1S/C15H21NO3Si/c1-5-16-12-8-10-14(16)13-9-6-7-11-15(13)20(17-2,18-3)19-4/h6-12H,5H2,1-4H3. The lowest BCUT2D eigenvalue weighted by atomic mass is 10.1. The van der Waals surface area contributed by atoms with Crippen molar-refractivity contribution in [2.24, 2.45) is 0 Å². The largest absolute Gasteiger partial charge is 0.537 e. The first-order chi connectivity index (χ1) is 9.72. The third-order valence-electron chi connectivity index (χ3n) is 3.51. The molecule has 20 heavy (non-hydrogen) atoms. The topological polar surface area (TPSA) is 32.6 Å². The summed E-state index contributed by atoms with van der Waals surface area (Å²) < 4.78 is 19.1. The fraction of sp³-hybridized carbons (Fsp3) is 0.333. The highest BCUT2D eigenvalue weighted by molar-refractivity contribution is 6.76. The van der Waals surface area contributed by atoms with E-state index in [0.717, 1.165) is 23.0 Å². The maximum absolute atomic E-state index is 5.62. The minimum atomic E-state index is -2.84. The Hall–Kier alpha value is -1.40. The normalized spacial score (nSPS) is 11.8. The van der Waals surface area contributed by atoms with E-state index in [9.17, 15) is 0 Å². The van der Waals surface area contributed by atoms with Gasteiger partial charge in [-0.3, -0.25) is 0 Å².